The molecule has 0 aromatic carbocycles. The second-order valence-corrected chi connectivity index (χ2v) is 9.60. The summed E-state index contributed by atoms with van der Waals surface area (Å²) in [5.41, 5.74) is 0.312. The molecule has 0 radical (unpaired) electrons. The maximum absolute atomic E-state index is 12.8. The fourth-order valence-corrected chi connectivity index (χ4v) is 5.44. The molecule has 3 aliphatic rings. The molecule has 7 nitrogen and oxygen atoms in total. The van der Waals surface area contributed by atoms with Crippen molar-refractivity contribution in [3.05, 3.63) is 24.4 Å². The monoisotopic (exact) mass is 399 g/mol. The first-order valence-corrected chi connectivity index (χ1v) is 10.7. The van der Waals surface area contributed by atoms with E-state index in [0.29, 0.717) is 25.9 Å². The molecule has 0 aliphatic carbocycles. The Morgan fingerprint density at radius 1 is 0.897 bits per heavy atom. The molecule has 2 unspecified atom stereocenters. The number of amides is 2. The van der Waals surface area contributed by atoms with Crippen LogP contribution in [0.15, 0.2) is 24.4 Å². The lowest BCUT2D eigenvalue weighted by Gasteiger charge is -2.35. The third-order valence-electron chi connectivity index (χ3n) is 7.29. The maximum atomic E-state index is 12.8. The average molecular weight is 400 g/mol. The molecular formula is C22H33N5O2. The van der Waals surface area contributed by atoms with E-state index in [4.69, 9.17) is 0 Å². The normalized spacial score (nSPS) is 30.0. The molecule has 0 saturated carbocycles. The number of carbonyl (C=O) groups excluding carboxylic acids is 2. The topological polar surface area (TPSA) is 60.0 Å². The Kier molecular flexibility index (Phi) is 5.27. The smallest absolute Gasteiger partial charge is 0.223 e. The standard InChI is InChI=1S/C22H33N5O2/c1-21-14-24(3)15-22(21,2)17-27(16-21)20(29)8-7-19(28)26-12-10-25(11-13-26)18-6-4-5-9-23-18/h4-6,9H,7-8,10-17H2,1-3H3. The van der Waals surface area contributed by atoms with Gasteiger partial charge in [-0.05, 0) is 19.2 Å². The lowest BCUT2D eigenvalue weighted by atomic mass is 9.71. The van der Waals surface area contributed by atoms with E-state index in [1.54, 1.807) is 6.20 Å². The first-order valence-electron chi connectivity index (χ1n) is 10.7. The SMILES string of the molecule is CN1CC2(C)CN(C(=O)CCC(=O)N3CCN(c4ccccn4)CC3)CC2(C)C1. The van der Waals surface area contributed by atoms with Crippen molar-refractivity contribution in [1.29, 1.82) is 0 Å². The molecule has 4 rings (SSSR count). The van der Waals surface area contributed by atoms with Crippen LogP contribution in [0.25, 0.3) is 0 Å². The van der Waals surface area contributed by atoms with Gasteiger partial charge in [0.1, 0.15) is 5.82 Å². The fraction of sp³-hybridized carbons (Fsp3) is 0.682. The minimum atomic E-state index is 0.0931. The number of hydrogen-bond donors (Lipinski definition) is 0. The van der Waals surface area contributed by atoms with Gasteiger partial charge in [0, 0.05) is 82.2 Å². The van der Waals surface area contributed by atoms with E-state index >= 15 is 0 Å². The predicted octanol–water partition coefficient (Wildman–Crippen LogP) is 1.31. The summed E-state index contributed by atoms with van der Waals surface area (Å²) >= 11 is 0. The summed E-state index contributed by atoms with van der Waals surface area (Å²) in [6.45, 7) is 11.2. The third kappa shape index (κ3) is 3.84. The van der Waals surface area contributed by atoms with Gasteiger partial charge in [0.2, 0.25) is 11.8 Å². The lowest BCUT2D eigenvalue weighted by Crippen LogP contribution is -2.49. The van der Waals surface area contributed by atoms with Crippen LogP contribution < -0.4 is 4.90 Å². The fourth-order valence-electron chi connectivity index (χ4n) is 5.44. The molecule has 1 aromatic heterocycles. The Bertz CT molecular complexity index is 744. The highest BCUT2D eigenvalue weighted by molar-refractivity contribution is 5.84. The molecule has 29 heavy (non-hydrogen) atoms. The number of aromatic nitrogens is 1. The number of rotatable bonds is 4. The zero-order valence-electron chi connectivity index (χ0n) is 17.9. The Morgan fingerprint density at radius 3 is 2.03 bits per heavy atom. The molecular weight excluding hydrogens is 366 g/mol. The first-order chi connectivity index (χ1) is 13.8. The number of anilines is 1. The third-order valence-corrected chi connectivity index (χ3v) is 7.29. The van der Waals surface area contributed by atoms with Gasteiger partial charge in [0.05, 0.1) is 0 Å². The summed E-state index contributed by atoms with van der Waals surface area (Å²) < 4.78 is 0. The van der Waals surface area contributed by atoms with E-state index in [1.807, 2.05) is 28.0 Å². The van der Waals surface area contributed by atoms with Crippen LogP contribution >= 0.6 is 0 Å². The van der Waals surface area contributed by atoms with Gasteiger partial charge in [0.15, 0.2) is 0 Å². The largest absolute Gasteiger partial charge is 0.353 e. The van der Waals surface area contributed by atoms with Crippen molar-refractivity contribution in [3.63, 3.8) is 0 Å². The molecule has 0 bridgehead atoms. The summed E-state index contributed by atoms with van der Waals surface area (Å²) in [5, 5.41) is 0. The summed E-state index contributed by atoms with van der Waals surface area (Å²) in [4.78, 5) is 38.3. The van der Waals surface area contributed by atoms with Gasteiger partial charge in [-0.15, -0.1) is 0 Å². The van der Waals surface area contributed by atoms with Crippen LogP contribution in [-0.2, 0) is 9.59 Å². The molecule has 2 amide bonds. The molecule has 2 atom stereocenters. The van der Waals surface area contributed by atoms with E-state index in [0.717, 1.165) is 45.1 Å². The van der Waals surface area contributed by atoms with Gasteiger partial charge in [0.25, 0.3) is 0 Å². The Morgan fingerprint density at radius 2 is 1.48 bits per heavy atom. The molecule has 3 aliphatic heterocycles. The van der Waals surface area contributed by atoms with Crippen molar-refractivity contribution in [3.8, 4) is 0 Å². The van der Waals surface area contributed by atoms with Crippen LogP contribution in [0.5, 0.6) is 0 Å². The maximum Gasteiger partial charge on any atom is 0.223 e. The number of piperazine rings is 1. The molecule has 7 heteroatoms. The highest BCUT2D eigenvalue weighted by Crippen LogP contribution is 2.51. The van der Waals surface area contributed by atoms with Gasteiger partial charge < -0.3 is 19.6 Å². The molecule has 158 valence electrons. The van der Waals surface area contributed by atoms with Gasteiger partial charge in [-0.2, -0.15) is 0 Å². The molecule has 1 aromatic rings. The van der Waals surface area contributed by atoms with Gasteiger partial charge in [-0.3, -0.25) is 9.59 Å². The van der Waals surface area contributed by atoms with E-state index in [9.17, 15) is 9.59 Å². The Balaban J connectivity index is 1.24. The van der Waals surface area contributed by atoms with Crippen molar-refractivity contribution in [2.45, 2.75) is 26.7 Å². The van der Waals surface area contributed by atoms with Crippen molar-refractivity contribution >= 4 is 17.6 Å². The molecule has 3 fully saturated rings. The van der Waals surface area contributed by atoms with E-state index in [1.165, 1.54) is 0 Å². The molecule has 3 saturated heterocycles. The number of hydrogen-bond acceptors (Lipinski definition) is 5. The van der Waals surface area contributed by atoms with Crippen LogP contribution in [0.3, 0.4) is 0 Å². The van der Waals surface area contributed by atoms with Gasteiger partial charge in [-0.1, -0.05) is 19.9 Å². The summed E-state index contributed by atoms with van der Waals surface area (Å²) in [7, 11) is 2.16. The summed E-state index contributed by atoms with van der Waals surface area (Å²) in [6, 6.07) is 5.89. The number of carbonyl (C=O) groups is 2. The van der Waals surface area contributed by atoms with Crippen molar-refractivity contribution in [1.82, 2.24) is 19.7 Å². The first kappa shape index (κ1) is 20.1. The van der Waals surface area contributed by atoms with Crippen LogP contribution in [0.4, 0.5) is 5.82 Å². The Hall–Kier alpha value is -2.15. The zero-order chi connectivity index (χ0) is 20.6. The van der Waals surface area contributed by atoms with Gasteiger partial charge in [-0.25, -0.2) is 4.98 Å². The zero-order valence-corrected chi connectivity index (χ0v) is 17.9. The molecule has 0 spiro atoms. The second-order valence-electron chi connectivity index (χ2n) is 9.60. The average Bonchev–Trinajstić information content (AvgIpc) is 3.08. The molecule has 4 heterocycles. The van der Waals surface area contributed by atoms with E-state index in [-0.39, 0.29) is 22.6 Å². The number of nitrogens with zero attached hydrogens (tertiary/aromatic N) is 5. The van der Waals surface area contributed by atoms with Crippen LogP contribution in [0, 0.1) is 10.8 Å². The second kappa shape index (κ2) is 7.59. The number of pyridine rings is 1. The van der Waals surface area contributed by atoms with Gasteiger partial charge >= 0.3 is 0 Å². The van der Waals surface area contributed by atoms with E-state index < -0.39 is 0 Å². The summed E-state index contributed by atoms with van der Waals surface area (Å²) in [6.07, 6.45) is 2.43. The highest BCUT2D eigenvalue weighted by Gasteiger charge is 2.57. The highest BCUT2D eigenvalue weighted by atomic mass is 16.2. The van der Waals surface area contributed by atoms with Crippen molar-refractivity contribution < 1.29 is 9.59 Å². The Labute approximate surface area is 173 Å². The van der Waals surface area contributed by atoms with Crippen molar-refractivity contribution in [2.24, 2.45) is 10.8 Å². The molecule has 0 N–H and O–H groups in total. The quantitative estimate of drug-likeness (QED) is 0.764. The number of likely N-dealkylation sites (tertiary alicyclic amines) is 2. The van der Waals surface area contributed by atoms with Crippen molar-refractivity contribution in [2.75, 3.05) is 64.3 Å². The lowest BCUT2D eigenvalue weighted by molar-refractivity contribution is -0.137. The van der Waals surface area contributed by atoms with Crippen LogP contribution in [0.1, 0.15) is 26.7 Å². The predicted molar refractivity (Wildman–Crippen MR) is 113 cm³/mol. The minimum absolute atomic E-state index is 0.0931. The van der Waals surface area contributed by atoms with Crippen LogP contribution in [0.2, 0.25) is 0 Å². The van der Waals surface area contributed by atoms with Crippen LogP contribution in [-0.4, -0.2) is 90.9 Å². The summed E-state index contributed by atoms with van der Waals surface area (Å²) in [5.74, 6) is 1.18. The number of fused-ring (bicyclic) bond motifs is 1. The minimum Gasteiger partial charge on any atom is -0.353 e. The van der Waals surface area contributed by atoms with E-state index in [2.05, 4.69) is 35.7 Å².